The summed E-state index contributed by atoms with van der Waals surface area (Å²) in [4.78, 5) is 22.7. The maximum absolute atomic E-state index is 13.7. The smallest absolute Gasteiger partial charge is 0.280 e. The van der Waals surface area contributed by atoms with Crippen LogP contribution in [-0.4, -0.2) is 35.8 Å². The van der Waals surface area contributed by atoms with Crippen LogP contribution in [-0.2, 0) is 18.6 Å². The Morgan fingerprint density at radius 1 is 1.03 bits per heavy atom. The van der Waals surface area contributed by atoms with Crippen molar-refractivity contribution in [2.45, 2.75) is 32.5 Å². The molecule has 2 aliphatic heterocycles. The topological polar surface area (TPSA) is 103 Å². The van der Waals surface area contributed by atoms with Crippen molar-refractivity contribution < 1.29 is 9.90 Å². The summed E-state index contributed by atoms with van der Waals surface area (Å²) >= 11 is 0. The number of nitrogens with one attached hydrogen (secondary N) is 1. The van der Waals surface area contributed by atoms with Crippen LogP contribution in [0.5, 0.6) is 5.75 Å². The largest absolute Gasteiger partial charge is 0.508 e. The van der Waals surface area contributed by atoms with Crippen molar-refractivity contribution >= 4 is 23.1 Å². The molecule has 0 atom stereocenters. The van der Waals surface area contributed by atoms with E-state index in [0.717, 1.165) is 35.7 Å². The van der Waals surface area contributed by atoms with Gasteiger partial charge in [0, 0.05) is 42.7 Å². The second-order valence-corrected chi connectivity index (χ2v) is 9.79. The molecule has 1 amide bonds. The molecule has 2 N–H and O–H groups in total. The Kier molecular flexibility index (Phi) is 4.12. The summed E-state index contributed by atoms with van der Waals surface area (Å²) in [6, 6.07) is 17.2. The zero-order valence-electron chi connectivity index (χ0n) is 19.8. The molecular formula is C27H23N7O2. The van der Waals surface area contributed by atoms with Crippen molar-refractivity contribution in [2.24, 2.45) is 0 Å². The molecule has 0 bridgehead atoms. The fourth-order valence-electron chi connectivity index (χ4n) is 5.52. The van der Waals surface area contributed by atoms with E-state index in [1.807, 2.05) is 32.2 Å². The summed E-state index contributed by atoms with van der Waals surface area (Å²) in [5.41, 5.74) is 5.87. The lowest BCUT2D eigenvalue weighted by atomic mass is 9.96. The number of phenols is 1. The predicted octanol–water partition coefficient (Wildman–Crippen LogP) is 4.24. The molecule has 5 heterocycles. The normalized spacial score (nSPS) is 16.1. The fraction of sp³-hybridized carbons (Fsp3) is 0.185. The number of anilines is 2. The Morgan fingerprint density at radius 3 is 2.50 bits per heavy atom. The molecule has 0 spiro atoms. The highest BCUT2D eigenvalue weighted by atomic mass is 16.3. The van der Waals surface area contributed by atoms with Gasteiger partial charge in [0.2, 0.25) is 0 Å². The highest BCUT2D eigenvalue weighted by Gasteiger charge is 2.48. The molecule has 9 nitrogen and oxygen atoms in total. The number of hydrogen-bond donors (Lipinski definition) is 2. The van der Waals surface area contributed by atoms with Crippen molar-refractivity contribution in [3.05, 3.63) is 89.4 Å². The standard InChI is InChI=1S/C27H23N7O2/c1-27(2)23-24(26(36)33(27)19-8-5-9-20(35)10-19)31-34-21(18-12-28-29-13-18)11-22(30-25(23)34)32-14-16-6-3-4-7-17(16)15-32/h3-13,35H,14-15H2,1-2H3,(H,28,29). The molecule has 2 aliphatic rings. The van der Waals surface area contributed by atoms with E-state index in [9.17, 15) is 9.90 Å². The minimum Gasteiger partial charge on any atom is -0.508 e. The number of carbonyl (C=O) groups excluding carboxylic acids is 1. The summed E-state index contributed by atoms with van der Waals surface area (Å²) < 4.78 is 1.75. The number of aromatic amines is 1. The van der Waals surface area contributed by atoms with Gasteiger partial charge in [0.05, 0.1) is 23.0 Å². The predicted molar refractivity (Wildman–Crippen MR) is 135 cm³/mol. The van der Waals surface area contributed by atoms with E-state index >= 15 is 0 Å². The summed E-state index contributed by atoms with van der Waals surface area (Å²) in [6.45, 7) is 5.50. The third-order valence-electron chi connectivity index (χ3n) is 7.20. The molecule has 2 aromatic carbocycles. The van der Waals surface area contributed by atoms with Crippen LogP contribution in [0.25, 0.3) is 16.9 Å². The molecule has 0 unspecified atom stereocenters. The Labute approximate surface area is 206 Å². The molecule has 0 radical (unpaired) electrons. The molecule has 3 aromatic heterocycles. The lowest BCUT2D eigenvalue weighted by molar-refractivity contribution is 0.0977. The number of hydrogen-bond acceptors (Lipinski definition) is 6. The van der Waals surface area contributed by atoms with E-state index < -0.39 is 5.54 Å². The van der Waals surface area contributed by atoms with Crippen molar-refractivity contribution in [1.82, 2.24) is 24.8 Å². The summed E-state index contributed by atoms with van der Waals surface area (Å²) in [7, 11) is 0. The van der Waals surface area contributed by atoms with Crippen molar-refractivity contribution in [3.63, 3.8) is 0 Å². The van der Waals surface area contributed by atoms with E-state index in [0.29, 0.717) is 17.0 Å². The number of carbonyl (C=O) groups is 1. The van der Waals surface area contributed by atoms with Crippen LogP contribution in [0.4, 0.5) is 11.5 Å². The zero-order valence-corrected chi connectivity index (χ0v) is 19.8. The molecule has 0 saturated carbocycles. The van der Waals surface area contributed by atoms with E-state index in [-0.39, 0.29) is 11.7 Å². The van der Waals surface area contributed by atoms with Crippen LogP contribution in [0.3, 0.4) is 0 Å². The molecule has 178 valence electrons. The van der Waals surface area contributed by atoms with Gasteiger partial charge in [-0.25, -0.2) is 9.50 Å². The molecule has 0 saturated heterocycles. The van der Waals surface area contributed by atoms with Crippen molar-refractivity contribution in [3.8, 4) is 17.0 Å². The minimum atomic E-state index is -0.741. The average molecular weight is 478 g/mol. The number of aromatic hydroxyl groups is 1. The molecule has 9 heteroatoms. The van der Waals surface area contributed by atoms with Gasteiger partial charge in [-0.15, -0.1) is 0 Å². The van der Waals surface area contributed by atoms with E-state index in [2.05, 4.69) is 39.4 Å². The minimum absolute atomic E-state index is 0.103. The molecular weight excluding hydrogens is 454 g/mol. The lowest BCUT2D eigenvalue weighted by Crippen LogP contribution is -2.39. The molecule has 7 rings (SSSR count). The first-order chi connectivity index (χ1) is 17.4. The van der Waals surface area contributed by atoms with Crippen LogP contribution in [0.1, 0.15) is 41.0 Å². The van der Waals surface area contributed by atoms with Gasteiger partial charge in [-0.05, 0) is 37.1 Å². The Balaban J connectivity index is 1.43. The number of phenolic OH excluding ortho intramolecular Hbond substituents is 1. The first kappa shape index (κ1) is 20.7. The quantitative estimate of drug-likeness (QED) is 0.403. The van der Waals surface area contributed by atoms with Gasteiger partial charge in [-0.2, -0.15) is 10.2 Å². The summed E-state index contributed by atoms with van der Waals surface area (Å²) in [5, 5.41) is 21.8. The number of amides is 1. The van der Waals surface area contributed by atoms with Crippen LogP contribution < -0.4 is 9.80 Å². The van der Waals surface area contributed by atoms with Crippen LogP contribution in [0, 0.1) is 0 Å². The van der Waals surface area contributed by atoms with Gasteiger partial charge in [-0.1, -0.05) is 30.3 Å². The Bertz CT molecular complexity index is 1640. The molecule has 0 fully saturated rings. The number of benzene rings is 2. The molecule has 5 aromatic rings. The van der Waals surface area contributed by atoms with Crippen molar-refractivity contribution in [1.29, 1.82) is 0 Å². The van der Waals surface area contributed by atoms with Crippen LogP contribution in [0.2, 0.25) is 0 Å². The Hall–Kier alpha value is -4.66. The second-order valence-electron chi connectivity index (χ2n) is 9.79. The van der Waals surface area contributed by atoms with E-state index in [1.54, 1.807) is 33.8 Å². The third kappa shape index (κ3) is 2.82. The van der Waals surface area contributed by atoms with Gasteiger partial charge < -0.3 is 10.0 Å². The van der Waals surface area contributed by atoms with E-state index in [1.165, 1.54) is 11.1 Å². The van der Waals surface area contributed by atoms with Crippen molar-refractivity contribution in [2.75, 3.05) is 9.80 Å². The number of rotatable bonds is 3. The number of fused-ring (bicyclic) bond motifs is 4. The third-order valence-corrected chi connectivity index (χ3v) is 7.20. The van der Waals surface area contributed by atoms with Gasteiger partial charge in [0.25, 0.3) is 5.91 Å². The van der Waals surface area contributed by atoms with Gasteiger partial charge in [0.15, 0.2) is 11.3 Å². The average Bonchev–Trinajstić information content (AvgIpc) is 3.63. The molecule has 36 heavy (non-hydrogen) atoms. The van der Waals surface area contributed by atoms with Crippen LogP contribution >= 0.6 is 0 Å². The van der Waals surface area contributed by atoms with Gasteiger partial charge in [-0.3, -0.25) is 14.8 Å². The SMILES string of the molecule is CC1(C)c2c(nn3c(-c4cn[nH]c4)cc(N4Cc5ccccc5C4)nc23)C(=O)N1c1cccc(O)c1. The van der Waals surface area contributed by atoms with Crippen LogP contribution in [0.15, 0.2) is 67.0 Å². The zero-order chi connectivity index (χ0) is 24.6. The number of nitrogens with zero attached hydrogens (tertiary/aromatic N) is 6. The summed E-state index contributed by atoms with van der Waals surface area (Å²) in [6.07, 6.45) is 3.56. The van der Waals surface area contributed by atoms with E-state index in [4.69, 9.17) is 10.1 Å². The number of H-pyrrole nitrogens is 1. The molecule has 0 aliphatic carbocycles. The lowest BCUT2D eigenvalue weighted by Gasteiger charge is -2.32. The second kappa shape index (κ2) is 7.17. The first-order valence-electron chi connectivity index (χ1n) is 11.8. The number of aromatic nitrogens is 5. The van der Waals surface area contributed by atoms with Gasteiger partial charge >= 0.3 is 0 Å². The fourth-order valence-corrected chi connectivity index (χ4v) is 5.52. The monoisotopic (exact) mass is 477 g/mol. The maximum atomic E-state index is 13.7. The van der Waals surface area contributed by atoms with Gasteiger partial charge in [0.1, 0.15) is 11.6 Å². The highest BCUT2D eigenvalue weighted by molar-refractivity contribution is 6.12. The highest BCUT2D eigenvalue weighted by Crippen LogP contribution is 2.45. The maximum Gasteiger partial charge on any atom is 0.280 e. The summed E-state index contributed by atoms with van der Waals surface area (Å²) in [5.74, 6) is 0.696. The first-order valence-corrected chi connectivity index (χ1v) is 11.8. The Morgan fingerprint density at radius 2 is 1.81 bits per heavy atom.